The van der Waals surface area contributed by atoms with E-state index in [2.05, 4.69) is 49.1 Å². The molecular weight excluding hydrogens is 234 g/mol. The van der Waals surface area contributed by atoms with Crippen LogP contribution in [0.3, 0.4) is 0 Å². The van der Waals surface area contributed by atoms with Crippen molar-refractivity contribution in [2.24, 2.45) is 11.8 Å². The van der Waals surface area contributed by atoms with E-state index in [0.29, 0.717) is 23.9 Å². The zero-order valence-electron chi connectivity index (χ0n) is 12.0. The Morgan fingerprint density at radius 3 is 2.63 bits per heavy atom. The number of piperidine rings is 1. The second-order valence-electron chi connectivity index (χ2n) is 6.61. The highest BCUT2D eigenvalue weighted by atomic mass is 16.3. The van der Waals surface area contributed by atoms with Gasteiger partial charge in [0, 0.05) is 18.6 Å². The number of benzene rings is 1. The van der Waals surface area contributed by atoms with Crippen molar-refractivity contribution in [3.8, 4) is 0 Å². The molecule has 1 aromatic rings. The molecule has 1 N–H and O–H groups in total. The van der Waals surface area contributed by atoms with Gasteiger partial charge in [-0.1, -0.05) is 44.2 Å². The van der Waals surface area contributed by atoms with E-state index in [1.165, 1.54) is 24.8 Å². The minimum absolute atomic E-state index is 0.181. The van der Waals surface area contributed by atoms with Crippen LogP contribution in [-0.4, -0.2) is 28.2 Å². The minimum atomic E-state index is -0.181. The normalized spacial score (nSPS) is 32.1. The van der Waals surface area contributed by atoms with E-state index in [9.17, 15) is 5.11 Å². The summed E-state index contributed by atoms with van der Waals surface area (Å²) in [4.78, 5) is 2.58. The van der Waals surface area contributed by atoms with Gasteiger partial charge in [0.2, 0.25) is 0 Å². The van der Waals surface area contributed by atoms with Gasteiger partial charge in [-0.05, 0) is 36.7 Å². The second kappa shape index (κ2) is 5.26. The number of rotatable bonds is 4. The van der Waals surface area contributed by atoms with Crippen molar-refractivity contribution in [2.75, 3.05) is 0 Å². The first-order chi connectivity index (χ1) is 9.16. The molecule has 0 amide bonds. The first-order valence-electron chi connectivity index (χ1n) is 7.64. The van der Waals surface area contributed by atoms with E-state index in [1.54, 1.807) is 0 Å². The summed E-state index contributed by atoms with van der Waals surface area (Å²) in [5.41, 5.74) is 1.37. The summed E-state index contributed by atoms with van der Waals surface area (Å²) in [5.74, 6) is 1.06. The summed E-state index contributed by atoms with van der Waals surface area (Å²) in [6, 6.07) is 11.8. The zero-order valence-corrected chi connectivity index (χ0v) is 12.0. The van der Waals surface area contributed by atoms with Crippen LogP contribution in [0.2, 0.25) is 0 Å². The third-order valence-electron chi connectivity index (χ3n) is 5.02. The van der Waals surface area contributed by atoms with Crippen LogP contribution in [0.1, 0.15) is 38.7 Å². The fourth-order valence-electron chi connectivity index (χ4n) is 4.02. The van der Waals surface area contributed by atoms with E-state index < -0.39 is 0 Å². The summed E-state index contributed by atoms with van der Waals surface area (Å²) in [6.07, 6.45) is 3.74. The Balaban J connectivity index is 1.78. The van der Waals surface area contributed by atoms with Crippen LogP contribution in [0, 0.1) is 11.8 Å². The summed E-state index contributed by atoms with van der Waals surface area (Å²) in [6.45, 7) is 5.27. The molecule has 0 radical (unpaired) electrons. The van der Waals surface area contributed by atoms with Gasteiger partial charge in [0.15, 0.2) is 0 Å². The molecular formula is C17H25NO. The van der Waals surface area contributed by atoms with Gasteiger partial charge in [-0.25, -0.2) is 0 Å². The number of likely N-dealkylation sites (tertiary alicyclic amines) is 1. The Morgan fingerprint density at radius 2 is 1.95 bits per heavy atom. The molecule has 3 rings (SSSR count). The summed E-state index contributed by atoms with van der Waals surface area (Å²) >= 11 is 0. The average molecular weight is 259 g/mol. The number of aliphatic hydroxyl groups is 1. The standard InChI is InChI=1S/C17H25NO/c1-12(2)17(19)16-14-8-9-15(10-14)18(16)11-13-6-4-3-5-7-13/h3-7,12,14-17,19H,8-11H2,1-2H3/t14?,15?,16?,17-/m0/s1. The van der Waals surface area contributed by atoms with Crippen molar-refractivity contribution in [1.29, 1.82) is 0 Å². The maximum absolute atomic E-state index is 10.6. The molecule has 0 aromatic heterocycles. The minimum Gasteiger partial charge on any atom is -0.391 e. The molecule has 2 aliphatic rings. The molecule has 2 fully saturated rings. The lowest BCUT2D eigenvalue weighted by Crippen LogP contribution is -2.49. The quantitative estimate of drug-likeness (QED) is 0.898. The number of nitrogens with zero attached hydrogens (tertiary/aromatic N) is 1. The SMILES string of the molecule is CC(C)[C@H](O)C1C2CCC(C2)N1Cc1ccccc1. The summed E-state index contributed by atoms with van der Waals surface area (Å²) in [7, 11) is 0. The first kappa shape index (κ1) is 13.1. The topological polar surface area (TPSA) is 23.5 Å². The van der Waals surface area contributed by atoms with Crippen molar-refractivity contribution in [3.05, 3.63) is 35.9 Å². The molecule has 0 spiro atoms. The van der Waals surface area contributed by atoms with Crippen molar-refractivity contribution in [2.45, 2.75) is 57.8 Å². The molecule has 1 heterocycles. The van der Waals surface area contributed by atoms with Gasteiger partial charge in [-0.3, -0.25) is 4.90 Å². The largest absolute Gasteiger partial charge is 0.391 e. The predicted octanol–water partition coefficient (Wildman–Crippen LogP) is 3.06. The molecule has 104 valence electrons. The third kappa shape index (κ3) is 2.44. The molecule has 1 aromatic carbocycles. The molecule has 2 bridgehead atoms. The van der Waals surface area contributed by atoms with Crippen LogP contribution in [0.15, 0.2) is 30.3 Å². The summed E-state index contributed by atoms with van der Waals surface area (Å²) < 4.78 is 0. The van der Waals surface area contributed by atoms with Crippen molar-refractivity contribution in [1.82, 2.24) is 4.90 Å². The predicted molar refractivity (Wildman–Crippen MR) is 77.7 cm³/mol. The van der Waals surface area contributed by atoms with Gasteiger partial charge in [0.05, 0.1) is 6.10 Å². The lowest BCUT2D eigenvalue weighted by molar-refractivity contribution is -0.00758. The number of fused-ring (bicyclic) bond motifs is 2. The van der Waals surface area contributed by atoms with Crippen LogP contribution in [0.5, 0.6) is 0 Å². The first-order valence-corrected chi connectivity index (χ1v) is 7.64. The highest BCUT2D eigenvalue weighted by Crippen LogP contribution is 2.45. The van der Waals surface area contributed by atoms with Gasteiger partial charge in [-0.2, -0.15) is 0 Å². The Morgan fingerprint density at radius 1 is 1.21 bits per heavy atom. The van der Waals surface area contributed by atoms with E-state index in [0.717, 1.165) is 6.54 Å². The van der Waals surface area contributed by atoms with Crippen molar-refractivity contribution < 1.29 is 5.11 Å². The molecule has 4 atom stereocenters. The van der Waals surface area contributed by atoms with Gasteiger partial charge in [-0.15, -0.1) is 0 Å². The van der Waals surface area contributed by atoms with Crippen LogP contribution < -0.4 is 0 Å². The smallest absolute Gasteiger partial charge is 0.0721 e. The Bertz CT molecular complexity index is 417. The molecule has 1 saturated heterocycles. The maximum Gasteiger partial charge on any atom is 0.0721 e. The second-order valence-corrected chi connectivity index (χ2v) is 6.61. The third-order valence-corrected chi connectivity index (χ3v) is 5.02. The highest BCUT2D eigenvalue weighted by molar-refractivity contribution is 5.16. The van der Waals surface area contributed by atoms with E-state index in [1.807, 2.05) is 0 Å². The van der Waals surface area contributed by atoms with Crippen molar-refractivity contribution >= 4 is 0 Å². The molecule has 19 heavy (non-hydrogen) atoms. The number of hydrogen-bond donors (Lipinski definition) is 1. The molecule has 1 aliphatic carbocycles. The number of hydrogen-bond acceptors (Lipinski definition) is 2. The molecule has 3 unspecified atom stereocenters. The average Bonchev–Trinajstić information content (AvgIpc) is 3.00. The summed E-state index contributed by atoms with van der Waals surface area (Å²) in [5, 5.41) is 10.6. The van der Waals surface area contributed by atoms with E-state index in [4.69, 9.17) is 0 Å². The molecule has 1 saturated carbocycles. The van der Waals surface area contributed by atoms with Crippen LogP contribution in [-0.2, 0) is 6.54 Å². The van der Waals surface area contributed by atoms with Gasteiger partial charge in [0.25, 0.3) is 0 Å². The monoisotopic (exact) mass is 259 g/mol. The van der Waals surface area contributed by atoms with Crippen LogP contribution in [0.4, 0.5) is 0 Å². The zero-order chi connectivity index (χ0) is 13.4. The van der Waals surface area contributed by atoms with Gasteiger partial charge in [0.1, 0.15) is 0 Å². The highest BCUT2D eigenvalue weighted by Gasteiger charge is 2.48. The molecule has 2 heteroatoms. The fraction of sp³-hybridized carbons (Fsp3) is 0.647. The lowest BCUT2D eigenvalue weighted by atomic mass is 9.88. The van der Waals surface area contributed by atoms with Crippen LogP contribution >= 0.6 is 0 Å². The Hall–Kier alpha value is -0.860. The maximum atomic E-state index is 10.6. The fourth-order valence-corrected chi connectivity index (χ4v) is 4.02. The molecule has 2 nitrogen and oxygen atoms in total. The van der Waals surface area contributed by atoms with Gasteiger partial charge < -0.3 is 5.11 Å². The van der Waals surface area contributed by atoms with E-state index in [-0.39, 0.29) is 6.10 Å². The van der Waals surface area contributed by atoms with Crippen LogP contribution in [0.25, 0.3) is 0 Å². The Labute approximate surface area is 116 Å². The van der Waals surface area contributed by atoms with E-state index >= 15 is 0 Å². The lowest BCUT2D eigenvalue weighted by Gasteiger charge is -2.39. The number of aliphatic hydroxyl groups excluding tert-OH is 1. The Kier molecular flexibility index (Phi) is 3.64. The van der Waals surface area contributed by atoms with Crippen molar-refractivity contribution in [3.63, 3.8) is 0 Å². The molecule has 1 aliphatic heterocycles. The van der Waals surface area contributed by atoms with Gasteiger partial charge >= 0.3 is 0 Å².